The van der Waals surface area contributed by atoms with Crippen molar-refractivity contribution in [1.82, 2.24) is 10.4 Å². The topological polar surface area (TPSA) is 54.0 Å². The van der Waals surface area contributed by atoms with Gasteiger partial charge >= 0.3 is 6.18 Å². The highest BCUT2D eigenvalue weighted by molar-refractivity contribution is 5.50. The van der Waals surface area contributed by atoms with Gasteiger partial charge in [0.15, 0.2) is 5.60 Å². The van der Waals surface area contributed by atoms with Crippen LogP contribution in [0.15, 0.2) is 42.5 Å². The molecule has 2 aliphatic rings. The zero-order valence-corrected chi connectivity index (χ0v) is 18.4. The average Bonchev–Trinajstić information content (AvgIpc) is 2.80. The summed E-state index contributed by atoms with van der Waals surface area (Å²) < 4.78 is 53.1. The number of nitrogens with one attached hydrogen (secondary N) is 1. The van der Waals surface area contributed by atoms with E-state index in [0.717, 1.165) is 31.9 Å². The number of piperidine rings is 1. The molecule has 5 nitrogen and oxygen atoms in total. The molecule has 0 spiro atoms. The standard InChI is InChI=1S/C24H29F3N2O3/c1-23(24(25,26)27)19-12-17(21(31-3)13-18(19)20(30)14-32-23)16-10-7-11-29(28-2)22(16)15-8-5-4-6-9-15/h4-6,8-9,12-13,16,20,22,28,30H,7,10-11,14H2,1-3H3/t16-,20?,22+,23?/m0/s1. The molecule has 2 unspecified atom stereocenters. The van der Waals surface area contributed by atoms with Gasteiger partial charge in [0.25, 0.3) is 0 Å². The summed E-state index contributed by atoms with van der Waals surface area (Å²) in [6, 6.07) is 12.9. The van der Waals surface area contributed by atoms with Crippen molar-refractivity contribution in [3.63, 3.8) is 0 Å². The van der Waals surface area contributed by atoms with E-state index in [9.17, 15) is 18.3 Å². The first-order chi connectivity index (χ1) is 15.2. The van der Waals surface area contributed by atoms with Gasteiger partial charge in [-0.15, -0.1) is 0 Å². The molecule has 1 saturated heterocycles. The van der Waals surface area contributed by atoms with Crippen LogP contribution in [0.5, 0.6) is 5.75 Å². The van der Waals surface area contributed by atoms with Crippen LogP contribution in [0.4, 0.5) is 13.2 Å². The minimum absolute atomic E-state index is 0.0482. The summed E-state index contributed by atoms with van der Waals surface area (Å²) in [4.78, 5) is 0. The lowest BCUT2D eigenvalue weighted by molar-refractivity contribution is -0.288. The number of ether oxygens (including phenoxy) is 2. The zero-order valence-electron chi connectivity index (χ0n) is 18.4. The summed E-state index contributed by atoms with van der Waals surface area (Å²) in [5.41, 5.74) is 2.66. The largest absolute Gasteiger partial charge is 0.496 e. The predicted octanol–water partition coefficient (Wildman–Crippen LogP) is 4.59. The Hall–Kier alpha value is -2.13. The Bertz CT molecular complexity index is 953. The van der Waals surface area contributed by atoms with Crippen molar-refractivity contribution >= 4 is 0 Å². The lowest BCUT2D eigenvalue weighted by atomic mass is 9.77. The van der Waals surface area contributed by atoms with Gasteiger partial charge in [-0.05, 0) is 61.2 Å². The highest BCUT2D eigenvalue weighted by Crippen LogP contribution is 2.52. The van der Waals surface area contributed by atoms with E-state index in [1.165, 1.54) is 7.11 Å². The Kier molecular flexibility index (Phi) is 6.24. The van der Waals surface area contributed by atoms with Crippen LogP contribution in [0, 0.1) is 0 Å². The summed E-state index contributed by atoms with van der Waals surface area (Å²) in [5, 5.41) is 12.5. The number of benzene rings is 2. The summed E-state index contributed by atoms with van der Waals surface area (Å²) >= 11 is 0. The molecule has 2 aromatic carbocycles. The number of fused-ring (bicyclic) bond motifs is 1. The molecule has 2 aliphatic heterocycles. The Balaban J connectivity index is 1.90. The minimum Gasteiger partial charge on any atom is -0.496 e. The molecule has 0 aliphatic carbocycles. The quantitative estimate of drug-likeness (QED) is 0.714. The summed E-state index contributed by atoms with van der Waals surface area (Å²) in [6.07, 6.45) is -4.10. The normalized spacial score (nSPS) is 28.9. The van der Waals surface area contributed by atoms with Crippen LogP contribution in [0.25, 0.3) is 0 Å². The van der Waals surface area contributed by atoms with Gasteiger partial charge in [-0.3, -0.25) is 5.43 Å². The number of methoxy groups -OCH3 is 1. The smallest absolute Gasteiger partial charge is 0.421 e. The highest BCUT2D eigenvalue weighted by Gasteiger charge is 2.57. The third-order valence-corrected chi connectivity index (χ3v) is 6.80. The van der Waals surface area contributed by atoms with E-state index < -0.39 is 24.5 Å². The number of alkyl halides is 3. The van der Waals surface area contributed by atoms with E-state index >= 15 is 0 Å². The second-order valence-corrected chi connectivity index (χ2v) is 8.56. The molecule has 4 rings (SSSR count). The van der Waals surface area contributed by atoms with E-state index in [2.05, 4.69) is 10.4 Å². The van der Waals surface area contributed by atoms with Gasteiger partial charge in [-0.1, -0.05) is 30.3 Å². The van der Waals surface area contributed by atoms with Crippen LogP contribution in [0.3, 0.4) is 0 Å². The maximum Gasteiger partial charge on any atom is 0.421 e. The molecule has 1 fully saturated rings. The maximum atomic E-state index is 14.1. The second-order valence-electron chi connectivity index (χ2n) is 8.56. The van der Waals surface area contributed by atoms with Crippen molar-refractivity contribution in [3.8, 4) is 5.75 Å². The number of halogens is 3. The molecular weight excluding hydrogens is 421 g/mol. The van der Waals surface area contributed by atoms with E-state index in [1.54, 1.807) is 12.1 Å². The van der Waals surface area contributed by atoms with Crippen molar-refractivity contribution in [2.75, 3.05) is 27.3 Å². The molecule has 0 aromatic heterocycles. The van der Waals surface area contributed by atoms with E-state index in [1.807, 2.05) is 37.4 Å². The van der Waals surface area contributed by atoms with Crippen molar-refractivity contribution < 1.29 is 27.8 Å². The number of rotatable bonds is 4. The zero-order chi connectivity index (χ0) is 23.1. The molecule has 8 heteroatoms. The van der Waals surface area contributed by atoms with Crippen LogP contribution in [-0.4, -0.2) is 43.6 Å². The highest BCUT2D eigenvalue weighted by atomic mass is 19.4. The number of aliphatic hydroxyl groups excluding tert-OH is 1. The number of hydrogen-bond donors (Lipinski definition) is 2. The molecule has 0 saturated carbocycles. The van der Waals surface area contributed by atoms with Gasteiger partial charge < -0.3 is 14.6 Å². The van der Waals surface area contributed by atoms with E-state index in [-0.39, 0.29) is 23.1 Å². The molecule has 174 valence electrons. The van der Waals surface area contributed by atoms with Crippen molar-refractivity contribution in [2.24, 2.45) is 0 Å². The third-order valence-electron chi connectivity index (χ3n) is 6.80. The van der Waals surface area contributed by atoms with Crippen LogP contribution in [0.2, 0.25) is 0 Å². The Morgan fingerprint density at radius 1 is 1.19 bits per heavy atom. The van der Waals surface area contributed by atoms with Gasteiger partial charge in [0.05, 0.1) is 19.8 Å². The minimum atomic E-state index is -4.63. The lowest BCUT2D eigenvalue weighted by Crippen LogP contribution is -2.47. The van der Waals surface area contributed by atoms with Crippen molar-refractivity contribution in [2.45, 2.75) is 49.6 Å². The first kappa shape index (κ1) is 23.0. The number of hydrogen-bond acceptors (Lipinski definition) is 5. The van der Waals surface area contributed by atoms with Crippen molar-refractivity contribution in [1.29, 1.82) is 0 Å². The summed E-state index contributed by atoms with van der Waals surface area (Å²) in [5.74, 6) is 0.369. The van der Waals surface area contributed by atoms with Gasteiger partial charge in [0.1, 0.15) is 11.9 Å². The van der Waals surface area contributed by atoms with E-state index in [0.29, 0.717) is 11.3 Å². The fourth-order valence-electron chi connectivity index (χ4n) is 5.05. The van der Waals surface area contributed by atoms with Gasteiger partial charge in [-0.2, -0.15) is 13.2 Å². The fourth-order valence-corrected chi connectivity index (χ4v) is 5.05. The monoisotopic (exact) mass is 450 g/mol. The van der Waals surface area contributed by atoms with Crippen LogP contribution in [-0.2, 0) is 10.3 Å². The fraction of sp³-hybridized carbons (Fsp3) is 0.500. The molecule has 2 heterocycles. The molecule has 2 N–H and O–H groups in total. The lowest BCUT2D eigenvalue weighted by Gasteiger charge is -2.43. The first-order valence-corrected chi connectivity index (χ1v) is 10.8. The number of hydrazine groups is 1. The van der Waals surface area contributed by atoms with E-state index in [4.69, 9.17) is 9.47 Å². The Morgan fingerprint density at radius 3 is 2.53 bits per heavy atom. The van der Waals surface area contributed by atoms with Crippen molar-refractivity contribution in [3.05, 3.63) is 64.7 Å². The van der Waals surface area contributed by atoms with Gasteiger partial charge in [0, 0.05) is 12.5 Å². The first-order valence-electron chi connectivity index (χ1n) is 10.8. The molecule has 0 radical (unpaired) electrons. The Labute approximate surface area is 186 Å². The molecule has 32 heavy (non-hydrogen) atoms. The number of nitrogens with zero attached hydrogens (tertiary/aromatic N) is 1. The average molecular weight is 451 g/mol. The number of aliphatic hydroxyl groups is 1. The second kappa shape index (κ2) is 8.67. The molecule has 0 amide bonds. The summed E-state index contributed by atoms with van der Waals surface area (Å²) in [6.45, 7) is 1.43. The molecule has 4 atom stereocenters. The Morgan fingerprint density at radius 2 is 1.91 bits per heavy atom. The SMILES string of the molecule is CNN1CCC[C@@H](c2cc3c(cc2OC)C(O)COC3(C)C(F)(F)F)[C@H]1c1ccccc1. The van der Waals surface area contributed by atoms with Crippen LogP contribution < -0.4 is 10.2 Å². The van der Waals surface area contributed by atoms with Gasteiger partial charge in [-0.25, -0.2) is 5.01 Å². The molecular formula is C24H29F3N2O3. The predicted molar refractivity (Wildman–Crippen MR) is 114 cm³/mol. The van der Waals surface area contributed by atoms with Gasteiger partial charge in [0.2, 0.25) is 0 Å². The van der Waals surface area contributed by atoms with Crippen LogP contribution >= 0.6 is 0 Å². The summed E-state index contributed by atoms with van der Waals surface area (Å²) in [7, 11) is 3.36. The third kappa shape index (κ3) is 3.79. The maximum absolute atomic E-state index is 14.1. The molecule has 2 aromatic rings. The molecule has 0 bridgehead atoms. The van der Waals surface area contributed by atoms with Crippen LogP contribution in [0.1, 0.15) is 60.1 Å².